The molecule has 0 aliphatic rings. The summed E-state index contributed by atoms with van der Waals surface area (Å²) in [7, 11) is 1.56. The quantitative estimate of drug-likeness (QED) is 0.722. The highest BCUT2D eigenvalue weighted by molar-refractivity contribution is 9.10. The fourth-order valence-electron chi connectivity index (χ4n) is 2.16. The average Bonchev–Trinajstić information content (AvgIpc) is 2.55. The number of pyridine rings is 1. The molecule has 0 bridgehead atoms. The monoisotopic (exact) mass is 379 g/mol. The first-order valence-corrected chi connectivity index (χ1v) is 8.05. The van der Waals surface area contributed by atoms with Crippen LogP contribution in [0.2, 0.25) is 0 Å². The molecule has 2 aromatic rings. The Balaban J connectivity index is 2.44. The Morgan fingerprint density at radius 1 is 1.30 bits per heavy atom. The van der Waals surface area contributed by atoms with Gasteiger partial charge in [0, 0.05) is 22.4 Å². The number of carbonyl (C=O) groups is 1. The zero-order chi connectivity index (χ0) is 16.8. The van der Waals surface area contributed by atoms with Gasteiger partial charge < -0.3 is 14.6 Å². The Labute approximate surface area is 143 Å². The minimum atomic E-state index is -1.03. The third-order valence-electron chi connectivity index (χ3n) is 3.34. The molecule has 1 N–H and O–H groups in total. The maximum Gasteiger partial charge on any atom is 0.337 e. The molecular formula is C17H18BrNO4. The van der Waals surface area contributed by atoms with Gasteiger partial charge in [-0.15, -0.1) is 0 Å². The molecule has 0 unspecified atom stereocenters. The van der Waals surface area contributed by atoms with Gasteiger partial charge in [-0.3, -0.25) is 4.98 Å². The van der Waals surface area contributed by atoms with Crippen LogP contribution in [-0.4, -0.2) is 29.8 Å². The first kappa shape index (κ1) is 17.3. The lowest BCUT2D eigenvalue weighted by molar-refractivity contribution is 0.0697. The smallest absolute Gasteiger partial charge is 0.337 e. The van der Waals surface area contributed by atoms with E-state index in [4.69, 9.17) is 9.47 Å². The second-order valence-electron chi connectivity index (χ2n) is 4.92. The fraction of sp³-hybridized carbons (Fsp3) is 0.294. The molecule has 1 aromatic carbocycles. The third kappa shape index (κ3) is 4.01. The maximum atomic E-state index is 11.4. The van der Waals surface area contributed by atoms with Crippen LogP contribution in [0.3, 0.4) is 0 Å². The molecule has 0 atom stereocenters. The first-order valence-electron chi connectivity index (χ1n) is 7.26. The number of nitrogens with zero attached hydrogens (tertiary/aromatic N) is 1. The molecule has 5 nitrogen and oxygen atoms in total. The molecule has 122 valence electrons. The van der Waals surface area contributed by atoms with Crippen LogP contribution < -0.4 is 9.47 Å². The highest BCUT2D eigenvalue weighted by Crippen LogP contribution is 2.37. The number of ether oxygens (including phenoxy) is 2. The van der Waals surface area contributed by atoms with E-state index in [9.17, 15) is 9.90 Å². The topological polar surface area (TPSA) is 68.7 Å². The number of halogens is 1. The number of carboxylic acid groups (broad SMARTS) is 1. The molecule has 2 rings (SSSR count). The van der Waals surface area contributed by atoms with Gasteiger partial charge in [-0.1, -0.05) is 19.4 Å². The zero-order valence-corrected chi connectivity index (χ0v) is 14.6. The molecule has 0 fully saturated rings. The Hall–Kier alpha value is -2.08. The SMILES string of the molecule is CCCCOc1ccc(-c2c(Br)cncc2C(=O)O)cc1OC. The standard InChI is InChI=1S/C17H18BrNO4/c1-3-4-7-23-14-6-5-11(8-15(14)22-2)16-12(17(20)21)9-19-10-13(16)18/h5-6,8-10H,3-4,7H2,1-2H3,(H,20,21). The summed E-state index contributed by atoms with van der Waals surface area (Å²) < 4.78 is 11.7. The molecule has 1 aromatic heterocycles. The Morgan fingerprint density at radius 3 is 2.74 bits per heavy atom. The summed E-state index contributed by atoms with van der Waals surface area (Å²) in [5.74, 6) is 0.182. The van der Waals surface area contributed by atoms with E-state index >= 15 is 0 Å². The molecule has 0 saturated heterocycles. The number of unbranched alkanes of at least 4 members (excludes halogenated alkanes) is 1. The van der Waals surface area contributed by atoms with Gasteiger partial charge in [0.2, 0.25) is 0 Å². The van der Waals surface area contributed by atoms with Crippen molar-refractivity contribution >= 4 is 21.9 Å². The number of carboxylic acids is 1. The molecule has 1 heterocycles. The van der Waals surface area contributed by atoms with Crippen molar-refractivity contribution in [3.8, 4) is 22.6 Å². The van der Waals surface area contributed by atoms with Crippen molar-refractivity contribution in [2.75, 3.05) is 13.7 Å². The van der Waals surface area contributed by atoms with Gasteiger partial charge in [0.25, 0.3) is 0 Å². The number of methoxy groups -OCH3 is 1. The second-order valence-corrected chi connectivity index (χ2v) is 5.77. The van der Waals surface area contributed by atoms with Crippen molar-refractivity contribution in [3.63, 3.8) is 0 Å². The first-order chi connectivity index (χ1) is 11.1. The second kappa shape index (κ2) is 7.97. The Kier molecular flexibility index (Phi) is 5.98. The largest absolute Gasteiger partial charge is 0.493 e. The molecule has 0 spiro atoms. The number of hydrogen-bond acceptors (Lipinski definition) is 4. The van der Waals surface area contributed by atoms with Crippen LogP contribution in [0.25, 0.3) is 11.1 Å². The Bertz CT molecular complexity index is 703. The van der Waals surface area contributed by atoms with Gasteiger partial charge in [0.1, 0.15) is 0 Å². The van der Waals surface area contributed by atoms with Gasteiger partial charge >= 0.3 is 5.97 Å². The minimum Gasteiger partial charge on any atom is -0.493 e. The van der Waals surface area contributed by atoms with E-state index in [0.717, 1.165) is 18.4 Å². The summed E-state index contributed by atoms with van der Waals surface area (Å²) in [5, 5.41) is 9.36. The summed E-state index contributed by atoms with van der Waals surface area (Å²) in [6, 6.07) is 5.38. The normalized spacial score (nSPS) is 10.4. The van der Waals surface area contributed by atoms with Crippen LogP contribution in [0.4, 0.5) is 0 Å². The zero-order valence-electron chi connectivity index (χ0n) is 13.0. The van der Waals surface area contributed by atoms with Crippen LogP contribution in [0.1, 0.15) is 30.1 Å². The predicted molar refractivity (Wildman–Crippen MR) is 91.3 cm³/mol. The lowest BCUT2D eigenvalue weighted by Crippen LogP contribution is -2.02. The molecule has 0 radical (unpaired) electrons. The van der Waals surface area contributed by atoms with Gasteiger partial charge in [-0.05, 0) is 40.0 Å². The average molecular weight is 380 g/mol. The van der Waals surface area contributed by atoms with Crippen molar-refractivity contribution in [1.82, 2.24) is 4.98 Å². The fourth-order valence-corrected chi connectivity index (χ4v) is 2.72. The van der Waals surface area contributed by atoms with Gasteiger partial charge in [-0.2, -0.15) is 0 Å². The molecule has 0 saturated carbocycles. The van der Waals surface area contributed by atoms with Crippen molar-refractivity contribution in [2.45, 2.75) is 19.8 Å². The predicted octanol–water partition coefficient (Wildman–Crippen LogP) is 4.40. The number of aromatic carboxylic acids is 1. The van der Waals surface area contributed by atoms with Crippen LogP contribution >= 0.6 is 15.9 Å². The molecule has 0 aliphatic heterocycles. The molecule has 23 heavy (non-hydrogen) atoms. The van der Waals surface area contributed by atoms with E-state index < -0.39 is 5.97 Å². The van der Waals surface area contributed by atoms with Crippen molar-refractivity contribution in [2.24, 2.45) is 0 Å². The van der Waals surface area contributed by atoms with Crippen molar-refractivity contribution in [3.05, 3.63) is 40.6 Å². The summed E-state index contributed by atoms with van der Waals surface area (Å²) in [6.45, 7) is 2.71. The summed E-state index contributed by atoms with van der Waals surface area (Å²) >= 11 is 3.37. The van der Waals surface area contributed by atoms with Crippen LogP contribution in [0.5, 0.6) is 11.5 Å². The van der Waals surface area contributed by atoms with Crippen LogP contribution in [0.15, 0.2) is 35.1 Å². The minimum absolute atomic E-state index is 0.126. The maximum absolute atomic E-state index is 11.4. The van der Waals surface area contributed by atoms with E-state index in [2.05, 4.69) is 27.8 Å². The van der Waals surface area contributed by atoms with E-state index in [1.54, 1.807) is 25.4 Å². The van der Waals surface area contributed by atoms with E-state index in [1.165, 1.54) is 6.20 Å². The van der Waals surface area contributed by atoms with Crippen LogP contribution in [-0.2, 0) is 0 Å². The number of benzene rings is 1. The number of hydrogen-bond donors (Lipinski definition) is 1. The number of rotatable bonds is 7. The van der Waals surface area contributed by atoms with Crippen LogP contribution in [0, 0.1) is 0 Å². The third-order valence-corrected chi connectivity index (χ3v) is 3.94. The lowest BCUT2D eigenvalue weighted by Gasteiger charge is -2.14. The van der Waals surface area contributed by atoms with Gasteiger partial charge in [0.05, 0.1) is 19.3 Å². The highest BCUT2D eigenvalue weighted by atomic mass is 79.9. The molecular weight excluding hydrogens is 362 g/mol. The summed E-state index contributed by atoms with van der Waals surface area (Å²) in [4.78, 5) is 15.3. The Morgan fingerprint density at radius 2 is 2.09 bits per heavy atom. The van der Waals surface area contributed by atoms with Gasteiger partial charge in [-0.25, -0.2) is 4.79 Å². The lowest BCUT2D eigenvalue weighted by atomic mass is 10.0. The van der Waals surface area contributed by atoms with E-state index in [0.29, 0.717) is 28.1 Å². The van der Waals surface area contributed by atoms with E-state index in [1.807, 2.05) is 6.07 Å². The molecule has 0 aliphatic carbocycles. The molecule has 6 heteroatoms. The van der Waals surface area contributed by atoms with Crippen molar-refractivity contribution in [1.29, 1.82) is 0 Å². The summed E-state index contributed by atoms with van der Waals surface area (Å²) in [6.07, 6.45) is 4.91. The van der Waals surface area contributed by atoms with E-state index in [-0.39, 0.29) is 5.56 Å². The van der Waals surface area contributed by atoms with Gasteiger partial charge in [0.15, 0.2) is 11.5 Å². The highest BCUT2D eigenvalue weighted by Gasteiger charge is 2.17. The molecule has 0 amide bonds. The summed E-state index contributed by atoms with van der Waals surface area (Å²) in [5.41, 5.74) is 1.41. The van der Waals surface area contributed by atoms with Crippen molar-refractivity contribution < 1.29 is 19.4 Å². The number of aromatic nitrogens is 1.